The summed E-state index contributed by atoms with van der Waals surface area (Å²) >= 11 is 0. The zero-order chi connectivity index (χ0) is 22.5. The Morgan fingerprint density at radius 2 is 2.03 bits per heavy atom. The van der Waals surface area contributed by atoms with E-state index in [9.17, 15) is 14.9 Å². The fourth-order valence-corrected chi connectivity index (χ4v) is 4.32. The van der Waals surface area contributed by atoms with Crippen molar-refractivity contribution in [2.45, 2.75) is 58.5 Å². The number of hydrogen-bond donors (Lipinski definition) is 1. The standard InChI is InChI=1S/C24H31N3O4/c1-5-31-21-13-16(9-10-20(21)30-4)19(11-12-25)27-23(28)17-7-6-8-18(22(17)24(27)29)26-14-15(2)3/h9-10,13,15,18-19,26H,5-8,11,14H2,1-4H3. The van der Waals surface area contributed by atoms with Crippen LogP contribution in [0.1, 0.15) is 58.1 Å². The highest BCUT2D eigenvalue weighted by molar-refractivity contribution is 6.20. The molecule has 3 rings (SSSR count). The number of carbonyl (C=O) groups is 2. The quantitative estimate of drug-likeness (QED) is 0.609. The normalized spacial score (nSPS) is 19.5. The molecule has 2 aliphatic rings. The Morgan fingerprint density at radius 1 is 1.26 bits per heavy atom. The molecule has 166 valence electrons. The largest absolute Gasteiger partial charge is 0.493 e. The monoisotopic (exact) mass is 425 g/mol. The third kappa shape index (κ3) is 4.59. The average molecular weight is 426 g/mol. The smallest absolute Gasteiger partial charge is 0.259 e. The third-order valence-electron chi connectivity index (χ3n) is 5.76. The van der Waals surface area contributed by atoms with Gasteiger partial charge in [0.15, 0.2) is 11.5 Å². The first-order valence-corrected chi connectivity index (χ1v) is 10.9. The molecule has 7 nitrogen and oxygen atoms in total. The number of nitrogens with one attached hydrogen (secondary N) is 1. The SMILES string of the molecule is CCOc1cc(C(CC#N)N2C(=O)C3=C(C2=O)C(NCC(C)C)CCC3)ccc1OC. The fourth-order valence-electron chi connectivity index (χ4n) is 4.32. The lowest BCUT2D eigenvalue weighted by atomic mass is 9.88. The maximum absolute atomic E-state index is 13.5. The summed E-state index contributed by atoms with van der Waals surface area (Å²) in [4.78, 5) is 28.1. The van der Waals surface area contributed by atoms with Crippen LogP contribution < -0.4 is 14.8 Å². The van der Waals surface area contributed by atoms with Crippen LogP contribution in [-0.4, -0.2) is 43.0 Å². The molecule has 0 radical (unpaired) electrons. The maximum Gasteiger partial charge on any atom is 0.259 e. The van der Waals surface area contributed by atoms with Crippen molar-refractivity contribution < 1.29 is 19.1 Å². The van der Waals surface area contributed by atoms with Gasteiger partial charge in [-0.3, -0.25) is 14.5 Å². The number of amides is 2. The lowest BCUT2D eigenvalue weighted by Crippen LogP contribution is -2.40. The molecule has 0 aromatic heterocycles. The van der Waals surface area contributed by atoms with Gasteiger partial charge in [-0.25, -0.2) is 0 Å². The molecule has 1 aromatic rings. The van der Waals surface area contributed by atoms with E-state index in [-0.39, 0.29) is 24.3 Å². The van der Waals surface area contributed by atoms with Crippen molar-refractivity contribution in [3.8, 4) is 17.6 Å². The minimum Gasteiger partial charge on any atom is -0.493 e. The Morgan fingerprint density at radius 3 is 2.68 bits per heavy atom. The summed E-state index contributed by atoms with van der Waals surface area (Å²) in [6.07, 6.45) is 2.31. The van der Waals surface area contributed by atoms with Crippen molar-refractivity contribution in [3.63, 3.8) is 0 Å². The summed E-state index contributed by atoms with van der Waals surface area (Å²) in [6, 6.07) is 6.64. The molecule has 7 heteroatoms. The molecule has 1 aromatic carbocycles. The van der Waals surface area contributed by atoms with Crippen LogP contribution in [0.15, 0.2) is 29.3 Å². The van der Waals surface area contributed by atoms with Crippen LogP contribution in [0.4, 0.5) is 0 Å². The summed E-state index contributed by atoms with van der Waals surface area (Å²) in [6.45, 7) is 7.32. The number of rotatable bonds is 9. The van der Waals surface area contributed by atoms with Crippen LogP contribution in [0.5, 0.6) is 11.5 Å². The van der Waals surface area contributed by atoms with Gasteiger partial charge in [-0.05, 0) is 56.3 Å². The van der Waals surface area contributed by atoms with Crippen molar-refractivity contribution >= 4 is 11.8 Å². The molecule has 1 aliphatic carbocycles. The number of methoxy groups -OCH3 is 1. The van der Waals surface area contributed by atoms with Gasteiger partial charge < -0.3 is 14.8 Å². The van der Waals surface area contributed by atoms with Gasteiger partial charge >= 0.3 is 0 Å². The second-order valence-corrected chi connectivity index (χ2v) is 8.34. The second kappa shape index (κ2) is 9.97. The molecule has 2 atom stereocenters. The van der Waals surface area contributed by atoms with Crippen molar-refractivity contribution in [3.05, 3.63) is 34.9 Å². The minimum atomic E-state index is -0.675. The molecule has 0 saturated heterocycles. The Bertz CT molecular complexity index is 916. The van der Waals surface area contributed by atoms with E-state index in [1.807, 2.05) is 6.92 Å². The van der Waals surface area contributed by atoms with Crippen molar-refractivity contribution in [1.82, 2.24) is 10.2 Å². The van der Waals surface area contributed by atoms with Crippen LogP contribution in [0.2, 0.25) is 0 Å². The van der Waals surface area contributed by atoms with E-state index in [1.54, 1.807) is 25.3 Å². The van der Waals surface area contributed by atoms with Gasteiger partial charge in [-0.2, -0.15) is 5.26 Å². The van der Waals surface area contributed by atoms with Gasteiger partial charge in [-0.15, -0.1) is 0 Å². The fraction of sp³-hybridized carbons (Fsp3) is 0.542. The molecule has 31 heavy (non-hydrogen) atoms. The molecule has 0 spiro atoms. The van der Waals surface area contributed by atoms with Crippen LogP contribution in [0.3, 0.4) is 0 Å². The second-order valence-electron chi connectivity index (χ2n) is 8.34. The van der Waals surface area contributed by atoms with Gasteiger partial charge in [0.25, 0.3) is 11.8 Å². The molecule has 0 fully saturated rings. The van der Waals surface area contributed by atoms with Gasteiger partial charge in [0.2, 0.25) is 0 Å². The number of nitrogens with zero attached hydrogens (tertiary/aromatic N) is 2. The zero-order valence-electron chi connectivity index (χ0n) is 18.7. The van der Waals surface area contributed by atoms with Crippen molar-refractivity contribution in [2.75, 3.05) is 20.3 Å². The van der Waals surface area contributed by atoms with Gasteiger partial charge in [0.1, 0.15) is 0 Å². The summed E-state index contributed by atoms with van der Waals surface area (Å²) in [5.41, 5.74) is 1.86. The van der Waals surface area contributed by atoms with Crippen molar-refractivity contribution in [2.24, 2.45) is 5.92 Å². The van der Waals surface area contributed by atoms with Crippen molar-refractivity contribution in [1.29, 1.82) is 5.26 Å². The zero-order valence-corrected chi connectivity index (χ0v) is 18.7. The van der Waals surface area contributed by atoms with Gasteiger partial charge in [0.05, 0.1) is 32.2 Å². The average Bonchev–Trinajstić information content (AvgIpc) is 3.01. The third-order valence-corrected chi connectivity index (χ3v) is 5.76. The molecular formula is C24H31N3O4. The van der Waals surface area contributed by atoms with E-state index in [1.165, 1.54) is 4.90 Å². The number of imide groups is 1. The van der Waals surface area contributed by atoms with E-state index < -0.39 is 6.04 Å². The summed E-state index contributed by atoms with van der Waals surface area (Å²) in [5, 5.41) is 12.9. The van der Waals surface area contributed by atoms with Gasteiger partial charge in [-0.1, -0.05) is 19.9 Å². The van der Waals surface area contributed by atoms with Gasteiger partial charge in [0, 0.05) is 17.2 Å². The molecule has 0 bridgehead atoms. The molecule has 1 heterocycles. The lowest BCUT2D eigenvalue weighted by molar-refractivity contribution is -0.140. The summed E-state index contributed by atoms with van der Waals surface area (Å²) < 4.78 is 11.0. The van der Waals surface area contributed by atoms with E-state index >= 15 is 0 Å². The topological polar surface area (TPSA) is 91.7 Å². The lowest BCUT2D eigenvalue weighted by Gasteiger charge is -2.27. The number of nitriles is 1. The van der Waals surface area contributed by atoms with Crippen LogP contribution in [0.25, 0.3) is 0 Å². The van der Waals surface area contributed by atoms with E-state index in [4.69, 9.17) is 9.47 Å². The van der Waals surface area contributed by atoms with Crippen LogP contribution in [-0.2, 0) is 9.59 Å². The first-order chi connectivity index (χ1) is 14.9. The Kier molecular flexibility index (Phi) is 7.34. The molecular weight excluding hydrogens is 394 g/mol. The Hall–Kier alpha value is -2.85. The van der Waals surface area contributed by atoms with E-state index in [2.05, 4.69) is 25.2 Å². The maximum atomic E-state index is 13.5. The first kappa shape index (κ1) is 22.8. The molecule has 2 amide bonds. The van der Waals surface area contributed by atoms with E-state index in [0.29, 0.717) is 47.2 Å². The Labute approximate surface area is 184 Å². The Balaban J connectivity index is 1.95. The number of benzene rings is 1. The molecule has 0 saturated carbocycles. The van der Waals surface area contributed by atoms with Crippen LogP contribution >= 0.6 is 0 Å². The summed E-state index contributed by atoms with van der Waals surface area (Å²) in [5.74, 6) is 0.978. The predicted octanol–water partition coefficient (Wildman–Crippen LogP) is 3.51. The highest BCUT2D eigenvalue weighted by atomic mass is 16.5. The molecule has 2 unspecified atom stereocenters. The number of carbonyl (C=O) groups excluding carboxylic acids is 2. The molecule has 1 N–H and O–H groups in total. The highest BCUT2D eigenvalue weighted by Crippen LogP contribution is 2.40. The highest BCUT2D eigenvalue weighted by Gasteiger charge is 2.46. The molecule has 1 aliphatic heterocycles. The first-order valence-electron chi connectivity index (χ1n) is 10.9. The summed E-state index contributed by atoms with van der Waals surface area (Å²) in [7, 11) is 1.56. The van der Waals surface area contributed by atoms with Crippen LogP contribution in [0, 0.1) is 17.2 Å². The number of ether oxygens (including phenoxy) is 2. The van der Waals surface area contributed by atoms with E-state index in [0.717, 1.165) is 19.4 Å². The predicted molar refractivity (Wildman–Crippen MR) is 116 cm³/mol. The number of hydrogen-bond acceptors (Lipinski definition) is 6. The minimum absolute atomic E-state index is 0.0139.